The molecule has 0 aliphatic carbocycles. The van der Waals surface area contributed by atoms with Gasteiger partial charge in [0.05, 0.1) is 24.8 Å². The van der Waals surface area contributed by atoms with Crippen LogP contribution in [-0.4, -0.2) is 38.5 Å². The predicted octanol–water partition coefficient (Wildman–Crippen LogP) is 4.65. The molecule has 0 aromatic heterocycles. The van der Waals surface area contributed by atoms with Gasteiger partial charge in [0, 0.05) is 22.2 Å². The molecule has 0 atom stereocenters. The first kappa shape index (κ1) is 25.7. The average Bonchev–Trinajstić information content (AvgIpc) is 2.80. The smallest absolute Gasteiger partial charge is 0.255 e. The number of nitrogens with zero attached hydrogens (tertiary/aromatic N) is 2. The number of halogens is 2. The van der Waals surface area contributed by atoms with Crippen LogP contribution in [0.3, 0.4) is 0 Å². The Hall–Kier alpha value is -2.91. The Kier molecular flexibility index (Phi) is 8.68. The SMILES string of the molecule is COc1ccccc1/C=N\NC(=O)CN(Cc1ccc(Cl)cc1Cl)S(=O)(=O)c1ccc(C)cc1. The van der Waals surface area contributed by atoms with Gasteiger partial charge in [0.15, 0.2) is 0 Å². The van der Waals surface area contributed by atoms with E-state index in [2.05, 4.69) is 10.5 Å². The number of sulfonamides is 1. The second-order valence-electron chi connectivity index (χ2n) is 7.36. The molecule has 0 aliphatic heterocycles. The highest BCUT2D eigenvalue weighted by atomic mass is 35.5. The first-order valence-corrected chi connectivity index (χ1v) is 12.4. The van der Waals surface area contributed by atoms with Crippen molar-refractivity contribution in [3.63, 3.8) is 0 Å². The van der Waals surface area contributed by atoms with Gasteiger partial charge in [-0.25, -0.2) is 13.8 Å². The molecule has 0 saturated carbocycles. The number of benzene rings is 3. The third-order valence-corrected chi connectivity index (χ3v) is 7.27. The number of carbonyl (C=O) groups excluding carboxylic acids is 1. The molecule has 3 aromatic carbocycles. The summed E-state index contributed by atoms with van der Waals surface area (Å²) in [6.07, 6.45) is 1.42. The van der Waals surface area contributed by atoms with Crippen LogP contribution in [0, 0.1) is 6.92 Å². The molecule has 1 N–H and O–H groups in total. The van der Waals surface area contributed by atoms with Crippen molar-refractivity contribution in [1.29, 1.82) is 0 Å². The van der Waals surface area contributed by atoms with Crippen molar-refractivity contribution in [3.8, 4) is 5.75 Å². The number of methoxy groups -OCH3 is 1. The number of hydrogen-bond donors (Lipinski definition) is 1. The van der Waals surface area contributed by atoms with Crippen molar-refractivity contribution in [2.75, 3.05) is 13.7 Å². The third kappa shape index (κ3) is 6.57. The zero-order valence-electron chi connectivity index (χ0n) is 18.5. The highest BCUT2D eigenvalue weighted by molar-refractivity contribution is 7.89. The lowest BCUT2D eigenvalue weighted by Gasteiger charge is -2.22. The number of ether oxygens (including phenoxy) is 1. The summed E-state index contributed by atoms with van der Waals surface area (Å²) in [5.74, 6) is -0.0339. The number of aryl methyl sites for hydroxylation is 1. The number of hydrogen-bond acceptors (Lipinski definition) is 5. The minimum Gasteiger partial charge on any atom is -0.496 e. The summed E-state index contributed by atoms with van der Waals surface area (Å²) in [5, 5.41) is 4.66. The maximum absolute atomic E-state index is 13.4. The van der Waals surface area contributed by atoms with Gasteiger partial charge in [0.25, 0.3) is 5.91 Å². The van der Waals surface area contributed by atoms with E-state index in [1.54, 1.807) is 42.5 Å². The molecule has 0 unspecified atom stereocenters. The zero-order valence-corrected chi connectivity index (χ0v) is 20.9. The van der Waals surface area contributed by atoms with Crippen molar-refractivity contribution < 1.29 is 17.9 Å². The normalized spacial score (nSPS) is 11.7. The lowest BCUT2D eigenvalue weighted by molar-refractivity contribution is -0.121. The summed E-state index contributed by atoms with van der Waals surface area (Å²) in [4.78, 5) is 12.7. The fourth-order valence-electron chi connectivity index (χ4n) is 3.07. The van der Waals surface area contributed by atoms with Crippen LogP contribution in [-0.2, 0) is 21.4 Å². The molecule has 0 saturated heterocycles. The van der Waals surface area contributed by atoms with Crippen molar-refractivity contribution in [2.45, 2.75) is 18.4 Å². The summed E-state index contributed by atoms with van der Waals surface area (Å²) in [6, 6.07) is 18.3. The molecule has 178 valence electrons. The number of para-hydroxylation sites is 1. The number of rotatable bonds is 9. The minimum atomic E-state index is -4.02. The Bertz CT molecular complexity index is 1300. The second-order valence-corrected chi connectivity index (χ2v) is 10.1. The molecule has 34 heavy (non-hydrogen) atoms. The molecule has 0 aliphatic rings. The topological polar surface area (TPSA) is 88.1 Å². The third-order valence-electron chi connectivity index (χ3n) is 4.87. The largest absolute Gasteiger partial charge is 0.496 e. The van der Waals surface area contributed by atoms with Crippen molar-refractivity contribution >= 4 is 45.3 Å². The van der Waals surface area contributed by atoms with Crippen LogP contribution < -0.4 is 10.2 Å². The minimum absolute atomic E-state index is 0.0634. The van der Waals surface area contributed by atoms with Crippen LogP contribution in [0.2, 0.25) is 10.0 Å². The molecule has 3 aromatic rings. The van der Waals surface area contributed by atoms with Crippen molar-refractivity contribution in [3.05, 3.63) is 93.5 Å². The number of nitrogens with one attached hydrogen (secondary N) is 1. The molecule has 0 spiro atoms. The van der Waals surface area contributed by atoms with E-state index in [9.17, 15) is 13.2 Å². The molecule has 0 bridgehead atoms. The summed E-state index contributed by atoms with van der Waals surface area (Å²) < 4.78 is 33.0. The van der Waals surface area contributed by atoms with E-state index in [4.69, 9.17) is 27.9 Å². The highest BCUT2D eigenvalue weighted by Gasteiger charge is 2.27. The lowest BCUT2D eigenvalue weighted by Crippen LogP contribution is -2.39. The lowest BCUT2D eigenvalue weighted by atomic mass is 10.2. The van der Waals surface area contributed by atoms with Crippen LogP contribution in [0.4, 0.5) is 0 Å². The summed E-state index contributed by atoms with van der Waals surface area (Å²) in [6.45, 7) is 1.25. The summed E-state index contributed by atoms with van der Waals surface area (Å²) >= 11 is 12.2. The van der Waals surface area contributed by atoms with Gasteiger partial charge in [0.1, 0.15) is 5.75 Å². The van der Waals surface area contributed by atoms with Crippen LogP contribution in [0.25, 0.3) is 0 Å². The standard InChI is InChI=1S/C24H23Cl2N3O4S/c1-17-7-11-21(12-8-17)34(31,32)29(15-19-9-10-20(25)13-22(19)26)16-24(30)28-27-14-18-5-3-4-6-23(18)33-2/h3-14H,15-16H2,1-2H3,(H,28,30)/b27-14-. The van der Waals surface area contributed by atoms with Crippen LogP contribution in [0.1, 0.15) is 16.7 Å². The molecular formula is C24H23Cl2N3O4S. The molecule has 0 fully saturated rings. The van der Waals surface area contributed by atoms with E-state index in [1.165, 1.54) is 31.5 Å². The first-order chi connectivity index (χ1) is 16.2. The van der Waals surface area contributed by atoms with Gasteiger partial charge >= 0.3 is 0 Å². The van der Waals surface area contributed by atoms with Gasteiger partial charge in [-0.3, -0.25) is 4.79 Å². The highest BCUT2D eigenvalue weighted by Crippen LogP contribution is 2.25. The van der Waals surface area contributed by atoms with Gasteiger partial charge in [0.2, 0.25) is 10.0 Å². The van der Waals surface area contributed by atoms with Crippen molar-refractivity contribution in [2.24, 2.45) is 5.10 Å². The number of carbonyl (C=O) groups is 1. The Morgan fingerprint density at radius 2 is 1.79 bits per heavy atom. The summed E-state index contributed by atoms with van der Waals surface area (Å²) in [7, 11) is -2.49. The van der Waals surface area contributed by atoms with Gasteiger partial charge in [-0.15, -0.1) is 0 Å². The molecule has 1 amide bonds. The molecule has 0 heterocycles. The van der Waals surface area contributed by atoms with E-state index in [0.29, 0.717) is 26.9 Å². The first-order valence-electron chi connectivity index (χ1n) is 10.2. The fourth-order valence-corrected chi connectivity index (χ4v) is 4.91. The van der Waals surface area contributed by atoms with E-state index < -0.39 is 22.5 Å². The van der Waals surface area contributed by atoms with Crippen LogP contribution >= 0.6 is 23.2 Å². The molecule has 3 rings (SSSR count). The van der Waals surface area contributed by atoms with Crippen LogP contribution in [0.5, 0.6) is 5.75 Å². The number of hydrazone groups is 1. The summed E-state index contributed by atoms with van der Waals surface area (Å²) in [5.41, 5.74) is 4.44. The Balaban J connectivity index is 1.83. The van der Waals surface area contributed by atoms with E-state index in [1.807, 2.05) is 13.0 Å². The zero-order chi connectivity index (χ0) is 24.7. The predicted molar refractivity (Wildman–Crippen MR) is 134 cm³/mol. The molecule has 7 nitrogen and oxygen atoms in total. The Morgan fingerprint density at radius 1 is 1.09 bits per heavy atom. The Labute approximate surface area is 209 Å². The van der Waals surface area contributed by atoms with Gasteiger partial charge in [-0.1, -0.05) is 59.1 Å². The van der Waals surface area contributed by atoms with Gasteiger partial charge in [-0.2, -0.15) is 9.41 Å². The van der Waals surface area contributed by atoms with E-state index in [0.717, 1.165) is 9.87 Å². The van der Waals surface area contributed by atoms with Gasteiger partial charge in [-0.05, 0) is 48.9 Å². The fraction of sp³-hybridized carbons (Fsp3) is 0.167. The molecular weight excluding hydrogens is 497 g/mol. The molecule has 10 heteroatoms. The van der Waals surface area contributed by atoms with Crippen molar-refractivity contribution in [1.82, 2.24) is 9.73 Å². The average molecular weight is 520 g/mol. The van der Waals surface area contributed by atoms with E-state index >= 15 is 0 Å². The quantitative estimate of drug-likeness (QED) is 0.329. The van der Waals surface area contributed by atoms with E-state index in [-0.39, 0.29) is 11.4 Å². The number of amides is 1. The second kappa shape index (κ2) is 11.5. The van der Waals surface area contributed by atoms with Gasteiger partial charge < -0.3 is 4.74 Å². The maximum atomic E-state index is 13.4. The monoisotopic (exact) mass is 519 g/mol. The van der Waals surface area contributed by atoms with Crippen LogP contribution in [0.15, 0.2) is 76.7 Å². The maximum Gasteiger partial charge on any atom is 0.255 e. The molecule has 0 radical (unpaired) electrons. The Morgan fingerprint density at radius 3 is 2.47 bits per heavy atom.